The van der Waals surface area contributed by atoms with Crippen LogP contribution in [0.5, 0.6) is 5.75 Å². The first-order chi connectivity index (χ1) is 13.4. The maximum Gasteiger partial charge on any atom is 0.253 e. The summed E-state index contributed by atoms with van der Waals surface area (Å²) in [5.41, 5.74) is 5.56. The fraction of sp³-hybridized carbons (Fsp3) is 0.333. The molecule has 1 aliphatic rings. The third-order valence-corrected chi connectivity index (χ3v) is 5.45. The van der Waals surface area contributed by atoms with Gasteiger partial charge >= 0.3 is 0 Å². The number of ether oxygens (including phenoxy) is 1. The Bertz CT molecular complexity index is 840. The molecule has 1 heterocycles. The van der Waals surface area contributed by atoms with E-state index in [0.29, 0.717) is 41.1 Å². The van der Waals surface area contributed by atoms with Crippen LogP contribution in [0.2, 0.25) is 10.0 Å². The minimum atomic E-state index is -0.522. The van der Waals surface area contributed by atoms with Crippen molar-refractivity contribution in [2.75, 3.05) is 19.7 Å². The first-order valence-corrected chi connectivity index (χ1v) is 9.84. The molecular formula is C21H22Cl2N2O3. The zero-order valence-corrected chi connectivity index (χ0v) is 16.9. The van der Waals surface area contributed by atoms with Gasteiger partial charge in [0.15, 0.2) is 0 Å². The Morgan fingerprint density at radius 3 is 2.25 bits per heavy atom. The minimum absolute atomic E-state index is 0.0864. The highest BCUT2D eigenvalue weighted by atomic mass is 35.5. The van der Waals surface area contributed by atoms with Crippen molar-refractivity contribution < 1.29 is 14.3 Å². The molecule has 148 valence electrons. The molecule has 0 radical (unpaired) electrons. The largest absolute Gasteiger partial charge is 0.493 e. The SMILES string of the molecule is NC(=O)C[C@]1(COc2ccc(Cl)cc2)CCCN(C(=O)c2ccc(Cl)cc2)C1. The van der Waals surface area contributed by atoms with Gasteiger partial charge in [-0.1, -0.05) is 23.2 Å². The highest BCUT2D eigenvalue weighted by Gasteiger charge is 2.39. The summed E-state index contributed by atoms with van der Waals surface area (Å²) < 4.78 is 5.93. The summed E-state index contributed by atoms with van der Waals surface area (Å²) in [7, 11) is 0. The number of hydrogen-bond acceptors (Lipinski definition) is 3. The van der Waals surface area contributed by atoms with Crippen LogP contribution in [0.1, 0.15) is 29.6 Å². The summed E-state index contributed by atoms with van der Waals surface area (Å²) >= 11 is 11.8. The number of hydrogen-bond donors (Lipinski definition) is 1. The average Bonchev–Trinajstić information content (AvgIpc) is 2.67. The van der Waals surface area contributed by atoms with Crippen LogP contribution in [0.4, 0.5) is 0 Å². The number of carbonyl (C=O) groups excluding carboxylic acids is 2. The molecular weight excluding hydrogens is 399 g/mol. The Hall–Kier alpha value is -2.24. The van der Waals surface area contributed by atoms with Crippen LogP contribution in [0, 0.1) is 5.41 Å². The topological polar surface area (TPSA) is 72.6 Å². The zero-order valence-electron chi connectivity index (χ0n) is 15.4. The van der Waals surface area contributed by atoms with Crippen molar-refractivity contribution in [1.29, 1.82) is 0 Å². The van der Waals surface area contributed by atoms with E-state index in [0.717, 1.165) is 12.8 Å². The second-order valence-corrected chi connectivity index (χ2v) is 8.10. The summed E-state index contributed by atoms with van der Waals surface area (Å²) in [6.07, 6.45) is 1.69. The molecule has 0 aliphatic carbocycles. The monoisotopic (exact) mass is 420 g/mol. The molecule has 1 saturated heterocycles. The van der Waals surface area contributed by atoms with Crippen molar-refractivity contribution in [1.82, 2.24) is 4.90 Å². The number of likely N-dealkylation sites (tertiary alicyclic amines) is 1. The van der Waals surface area contributed by atoms with E-state index in [1.54, 1.807) is 53.4 Å². The van der Waals surface area contributed by atoms with Crippen molar-refractivity contribution >= 4 is 35.0 Å². The van der Waals surface area contributed by atoms with Gasteiger partial charge in [0.1, 0.15) is 5.75 Å². The molecule has 0 bridgehead atoms. The van der Waals surface area contributed by atoms with Gasteiger partial charge in [-0.05, 0) is 61.4 Å². The summed E-state index contributed by atoms with van der Waals surface area (Å²) in [4.78, 5) is 26.4. The molecule has 3 rings (SSSR count). The second kappa shape index (κ2) is 8.84. The molecule has 1 fully saturated rings. The van der Waals surface area contributed by atoms with Crippen molar-refractivity contribution in [2.45, 2.75) is 19.3 Å². The number of carbonyl (C=O) groups is 2. The van der Waals surface area contributed by atoms with E-state index in [9.17, 15) is 9.59 Å². The van der Waals surface area contributed by atoms with E-state index < -0.39 is 11.3 Å². The quantitative estimate of drug-likeness (QED) is 0.761. The Kier molecular flexibility index (Phi) is 6.47. The maximum atomic E-state index is 12.9. The smallest absolute Gasteiger partial charge is 0.253 e. The molecule has 0 spiro atoms. The standard InChI is InChI=1S/C21H22Cl2N2O3/c22-16-4-2-15(3-5-16)20(27)25-11-1-10-21(13-25,12-19(24)26)14-28-18-8-6-17(23)7-9-18/h2-9H,1,10-14H2,(H2,24,26)/t21-/m1/s1. The fourth-order valence-electron chi connectivity index (χ4n) is 3.61. The molecule has 2 aromatic carbocycles. The van der Waals surface area contributed by atoms with Crippen LogP contribution < -0.4 is 10.5 Å². The number of benzene rings is 2. The van der Waals surface area contributed by atoms with Gasteiger partial charge in [-0.2, -0.15) is 0 Å². The Labute approximate surface area is 174 Å². The minimum Gasteiger partial charge on any atom is -0.493 e. The maximum absolute atomic E-state index is 12.9. The Morgan fingerprint density at radius 1 is 1.04 bits per heavy atom. The van der Waals surface area contributed by atoms with Crippen molar-refractivity contribution in [2.24, 2.45) is 11.1 Å². The lowest BCUT2D eigenvalue weighted by Crippen LogP contribution is -2.50. The number of nitrogens with zero attached hydrogens (tertiary/aromatic N) is 1. The van der Waals surface area contributed by atoms with E-state index in [2.05, 4.69) is 0 Å². The predicted octanol–water partition coefficient (Wildman–Crippen LogP) is 4.17. The number of amides is 2. The summed E-state index contributed by atoms with van der Waals surface area (Å²) in [6.45, 7) is 1.33. The van der Waals surface area contributed by atoms with E-state index in [1.807, 2.05) is 0 Å². The van der Waals surface area contributed by atoms with Crippen molar-refractivity contribution in [3.8, 4) is 5.75 Å². The van der Waals surface area contributed by atoms with Crippen molar-refractivity contribution in [3.05, 3.63) is 64.1 Å². The van der Waals surface area contributed by atoms with Gasteiger partial charge in [0.2, 0.25) is 5.91 Å². The first-order valence-electron chi connectivity index (χ1n) is 9.08. The van der Waals surface area contributed by atoms with Crippen LogP contribution in [-0.4, -0.2) is 36.4 Å². The predicted molar refractivity (Wildman–Crippen MR) is 110 cm³/mol. The van der Waals surface area contributed by atoms with Gasteiger partial charge in [-0.25, -0.2) is 0 Å². The molecule has 2 amide bonds. The van der Waals surface area contributed by atoms with Crippen molar-refractivity contribution in [3.63, 3.8) is 0 Å². The molecule has 0 aromatic heterocycles. The molecule has 5 nitrogen and oxygen atoms in total. The van der Waals surface area contributed by atoms with Crippen LogP contribution in [0.25, 0.3) is 0 Å². The normalized spacial score (nSPS) is 19.3. The molecule has 0 saturated carbocycles. The number of halogens is 2. The van der Waals surface area contributed by atoms with E-state index in [4.69, 9.17) is 33.7 Å². The fourth-order valence-corrected chi connectivity index (χ4v) is 3.86. The third-order valence-electron chi connectivity index (χ3n) is 4.95. The number of rotatable bonds is 6. The van der Waals surface area contributed by atoms with E-state index in [-0.39, 0.29) is 12.3 Å². The number of primary amides is 1. The number of piperidine rings is 1. The van der Waals surface area contributed by atoms with Gasteiger partial charge in [0, 0.05) is 40.5 Å². The van der Waals surface area contributed by atoms with Gasteiger partial charge in [0.05, 0.1) is 6.61 Å². The van der Waals surface area contributed by atoms with Gasteiger partial charge in [0.25, 0.3) is 5.91 Å². The third kappa shape index (κ3) is 5.18. The average molecular weight is 421 g/mol. The highest BCUT2D eigenvalue weighted by Crippen LogP contribution is 2.35. The molecule has 2 aromatic rings. The van der Waals surface area contributed by atoms with Crippen LogP contribution in [-0.2, 0) is 4.79 Å². The molecule has 28 heavy (non-hydrogen) atoms. The van der Waals surface area contributed by atoms with Crippen LogP contribution in [0.3, 0.4) is 0 Å². The molecule has 2 N–H and O–H groups in total. The van der Waals surface area contributed by atoms with Gasteiger partial charge in [-0.15, -0.1) is 0 Å². The number of nitrogens with two attached hydrogens (primary N) is 1. The molecule has 0 unspecified atom stereocenters. The van der Waals surface area contributed by atoms with Gasteiger partial charge < -0.3 is 15.4 Å². The second-order valence-electron chi connectivity index (χ2n) is 7.22. The van der Waals surface area contributed by atoms with E-state index in [1.165, 1.54) is 0 Å². The van der Waals surface area contributed by atoms with Gasteiger partial charge in [-0.3, -0.25) is 9.59 Å². The summed E-state index contributed by atoms with van der Waals surface area (Å²) in [6, 6.07) is 13.8. The molecule has 1 aliphatic heterocycles. The van der Waals surface area contributed by atoms with E-state index >= 15 is 0 Å². The lowest BCUT2D eigenvalue weighted by atomic mass is 9.77. The lowest BCUT2D eigenvalue weighted by molar-refractivity contribution is -0.122. The Balaban J connectivity index is 1.75. The highest BCUT2D eigenvalue weighted by molar-refractivity contribution is 6.30. The lowest BCUT2D eigenvalue weighted by Gasteiger charge is -2.42. The molecule has 1 atom stereocenters. The Morgan fingerprint density at radius 2 is 1.64 bits per heavy atom. The van der Waals surface area contributed by atoms with Crippen LogP contribution >= 0.6 is 23.2 Å². The summed E-state index contributed by atoms with van der Waals surface area (Å²) in [5, 5.41) is 1.20. The molecule has 7 heteroatoms. The zero-order chi connectivity index (χ0) is 20.1. The summed E-state index contributed by atoms with van der Waals surface area (Å²) in [5.74, 6) is 0.173. The van der Waals surface area contributed by atoms with Crippen LogP contribution in [0.15, 0.2) is 48.5 Å². The first kappa shape index (κ1) is 20.5.